The summed E-state index contributed by atoms with van der Waals surface area (Å²) in [5, 5.41) is 0. The number of hydrogen-bond acceptors (Lipinski definition) is 4. The Morgan fingerprint density at radius 3 is 2.47 bits per heavy atom. The summed E-state index contributed by atoms with van der Waals surface area (Å²) in [6.07, 6.45) is 9.09. The van der Waals surface area contributed by atoms with Crippen LogP contribution in [-0.4, -0.2) is 53.5 Å². The van der Waals surface area contributed by atoms with Crippen LogP contribution in [0.2, 0.25) is 0 Å². The molecule has 5 nitrogen and oxygen atoms in total. The normalized spacial score (nSPS) is 19.0. The third-order valence-electron chi connectivity index (χ3n) is 6.76. The highest BCUT2D eigenvalue weighted by Crippen LogP contribution is 2.42. The van der Waals surface area contributed by atoms with Gasteiger partial charge in [-0.2, -0.15) is 0 Å². The molecule has 2 aliphatic heterocycles. The molecule has 1 aromatic heterocycles. The summed E-state index contributed by atoms with van der Waals surface area (Å²) in [5.41, 5.74) is 2.39. The topological polar surface area (TPSA) is 45.7 Å². The maximum absolute atomic E-state index is 12.7. The number of hydrogen-bond donors (Lipinski definition) is 0. The summed E-state index contributed by atoms with van der Waals surface area (Å²) in [6.45, 7) is 7.85. The Kier molecular flexibility index (Phi) is 6.68. The molecule has 0 unspecified atom stereocenters. The third kappa shape index (κ3) is 4.84. The van der Waals surface area contributed by atoms with E-state index in [1.54, 1.807) is 12.4 Å². The van der Waals surface area contributed by atoms with Gasteiger partial charge in [-0.3, -0.25) is 14.7 Å². The Labute approximate surface area is 180 Å². The third-order valence-corrected chi connectivity index (χ3v) is 6.76. The number of rotatable bonds is 6. The van der Waals surface area contributed by atoms with Gasteiger partial charge in [-0.25, -0.2) is 0 Å². The van der Waals surface area contributed by atoms with Crippen molar-refractivity contribution in [1.82, 2.24) is 14.8 Å². The van der Waals surface area contributed by atoms with Crippen LogP contribution >= 0.6 is 0 Å². The Morgan fingerprint density at radius 2 is 1.77 bits per heavy atom. The number of likely N-dealkylation sites (tertiary alicyclic amines) is 2. The molecule has 5 heteroatoms. The summed E-state index contributed by atoms with van der Waals surface area (Å²) in [7, 11) is 0. The molecule has 30 heavy (non-hydrogen) atoms. The van der Waals surface area contributed by atoms with E-state index in [0.29, 0.717) is 11.0 Å². The van der Waals surface area contributed by atoms with Crippen LogP contribution in [0.5, 0.6) is 5.75 Å². The Morgan fingerprint density at radius 1 is 1.03 bits per heavy atom. The minimum absolute atomic E-state index is 0.124. The molecule has 160 valence electrons. The Bertz CT molecular complexity index is 821. The second-order valence-electron chi connectivity index (χ2n) is 8.77. The highest BCUT2D eigenvalue weighted by atomic mass is 16.5. The molecule has 1 spiro atoms. The minimum Gasteiger partial charge on any atom is -0.493 e. The van der Waals surface area contributed by atoms with Gasteiger partial charge in [0.15, 0.2) is 0 Å². The first kappa shape index (κ1) is 20.9. The number of aromatic nitrogens is 1. The summed E-state index contributed by atoms with van der Waals surface area (Å²) in [5.74, 6) is 1.15. The maximum Gasteiger partial charge on any atom is 0.255 e. The van der Waals surface area contributed by atoms with Crippen molar-refractivity contribution < 1.29 is 9.53 Å². The number of piperidine rings is 2. The van der Waals surface area contributed by atoms with Crippen LogP contribution in [0.15, 0.2) is 48.8 Å². The number of nitrogens with zero attached hydrogens (tertiary/aromatic N) is 3. The largest absolute Gasteiger partial charge is 0.493 e. The van der Waals surface area contributed by atoms with Crippen LogP contribution < -0.4 is 4.74 Å². The van der Waals surface area contributed by atoms with Gasteiger partial charge in [-0.05, 0) is 68.8 Å². The second-order valence-corrected chi connectivity index (χ2v) is 8.77. The van der Waals surface area contributed by atoms with Gasteiger partial charge in [-0.1, -0.05) is 25.1 Å². The summed E-state index contributed by atoms with van der Waals surface area (Å²) in [6, 6.07) is 12.1. The predicted molar refractivity (Wildman–Crippen MR) is 119 cm³/mol. The highest BCUT2D eigenvalue weighted by molar-refractivity contribution is 5.93. The van der Waals surface area contributed by atoms with E-state index in [2.05, 4.69) is 41.1 Å². The zero-order chi connectivity index (χ0) is 20.8. The molecule has 0 N–H and O–H groups in total. The van der Waals surface area contributed by atoms with E-state index >= 15 is 0 Å². The molecule has 2 saturated heterocycles. The lowest BCUT2D eigenvalue weighted by molar-refractivity contribution is 0.0283. The molecule has 0 saturated carbocycles. The lowest BCUT2D eigenvalue weighted by Gasteiger charge is -2.47. The van der Waals surface area contributed by atoms with Gasteiger partial charge in [0.2, 0.25) is 0 Å². The van der Waals surface area contributed by atoms with Gasteiger partial charge in [0, 0.05) is 37.6 Å². The van der Waals surface area contributed by atoms with Crippen LogP contribution in [0.3, 0.4) is 0 Å². The van der Waals surface area contributed by atoms with Gasteiger partial charge in [-0.15, -0.1) is 0 Å². The second kappa shape index (κ2) is 9.61. The fourth-order valence-corrected chi connectivity index (χ4v) is 4.77. The van der Waals surface area contributed by atoms with E-state index in [9.17, 15) is 4.79 Å². The molecule has 0 bridgehead atoms. The van der Waals surface area contributed by atoms with Crippen LogP contribution in [0.4, 0.5) is 0 Å². The van der Waals surface area contributed by atoms with Crippen molar-refractivity contribution >= 4 is 5.91 Å². The summed E-state index contributed by atoms with van der Waals surface area (Å²) < 4.78 is 5.94. The number of carbonyl (C=O) groups excluding carboxylic acids is 1. The standard InChI is InChI=1S/C25H33N3O2/c1-2-18-30-23-8-4-3-6-22(23)20-27-14-9-25(10-15-27)11-16-28(17-12-25)24(29)21-7-5-13-26-19-21/h3-8,13,19H,2,9-12,14-18,20H2,1H3. The van der Waals surface area contributed by atoms with Crippen molar-refractivity contribution in [2.75, 3.05) is 32.8 Å². The fraction of sp³-hybridized carbons (Fsp3) is 0.520. The Balaban J connectivity index is 1.29. The summed E-state index contributed by atoms with van der Waals surface area (Å²) in [4.78, 5) is 21.4. The number of amides is 1. The SMILES string of the molecule is CCCOc1ccccc1CN1CCC2(CC1)CCN(C(=O)c1cccnc1)CC2. The predicted octanol–water partition coefficient (Wildman–Crippen LogP) is 4.39. The molecule has 2 aliphatic rings. The van der Waals surface area contributed by atoms with Gasteiger partial charge in [0.05, 0.1) is 12.2 Å². The molecule has 0 aliphatic carbocycles. The van der Waals surface area contributed by atoms with Crippen molar-refractivity contribution in [3.63, 3.8) is 0 Å². The minimum atomic E-state index is 0.124. The lowest BCUT2D eigenvalue weighted by atomic mass is 9.71. The van der Waals surface area contributed by atoms with E-state index < -0.39 is 0 Å². The molecule has 3 heterocycles. The van der Waals surface area contributed by atoms with Crippen molar-refractivity contribution in [3.8, 4) is 5.75 Å². The van der Waals surface area contributed by atoms with Gasteiger partial charge in [0.25, 0.3) is 5.91 Å². The zero-order valence-electron chi connectivity index (χ0n) is 18.1. The van der Waals surface area contributed by atoms with E-state index in [1.807, 2.05) is 17.0 Å². The lowest BCUT2D eigenvalue weighted by Crippen LogP contribution is -2.48. The molecule has 1 amide bonds. The van der Waals surface area contributed by atoms with E-state index in [0.717, 1.165) is 64.3 Å². The highest BCUT2D eigenvalue weighted by Gasteiger charge is 2.38. The zero-order valence-corrected chi connectivity index (χ0v) is 18.1. The monoisotopic (exact) mass is 407 g/mol. The van der Waals surface area contributed by atoms with Crippen LogP contribution in [0, 0.1) is 5.41 Å². The van der Waals surface area contributed by atoms with E-state index in [-0.39, 0.29) is 5.91 Å². The van der Waals surface area contributed by atoms with Crippen molar-refractivity contribution in [2.45, 2.75) is 45.6 Å². The molecule has 4 rings (SSSR count). The first-order chi connectivity index (χ1) is 14.7. The summed E-state index contributed by atoms with van der Waals surface area (Å²) >= 11 is 0. The average molecular weight is 408 g/mol. The molecule has 1 aromatic carbocycles. The smallest absolute Gasteiger partial charge is 0.255 e. The number of ether oxygens (including phenoxy) is 1. The van der Waals surface area contributed by atoms with Crippen LogP contribution in [0.1, 0.15) is 54.9 Å². The van der Waals surface area contributed by atoms with Crippen LogP contribution in [-0.2, 0) is 6.54 Å². The first-order valence-corrected chi connectivity index (χ1v) is 11.3. The van der Waals surface area contributed by atoms with Gasteiger partial charge >= 0.3 is 0 Å². The van der Waals surface area contributed by atoms with Crippen molar-refractivity contribution in [3.05, 3.63) is 59.9 Å². The molecule has 0 radical (unpaired) electrons. The molecule has 0 atom stereocenters. The molecular formula is C25H33N3O2. The van der Waals surface area contributed by atoms with Crippen molar-refractivity contribution in [2.24, 2.45) is 5.41 Å². The van der Waals surface area contributed by atoms with Gasteiger partial charge < -0.3 is 9.64 Å². The average Bonchev–Trinajstić information content (AvgIpc) is 2.81. The number of pyridine rings is 1. The molecular weight excluding hydrogens is 374 g/mol. The molecule has 2 aromatic rings. The number of carbonyl (C=O) groups is 1. The maximum atomic E-state index is 12.7. The molecule has 2 fully saturated rings. The van der Waals surface area contributed by atoms with E-state index in [4.69, 9.17) is 4.74 Å². The number of para-hydroxylation sites is 1. The fourth-order valence-electron chi connectivity index (χ4n) is 4.77. The number of benzene rings is 1. The van der Waals surface area contributed by atoms with Crippen LogP contribution in [0.25, 0.3) is 0 Å². The first-order valence-electron chi connectivity index (χ1n) is 11.3. The van der Waals surface area contributed by atoms with E-state index in [1.165, 1.54) is 18.4 Å². The van der Waals surface area contributed by atoms with Crippen molar-refractivity contribution in [1.29, 1.82) is 0 Å². The Hall–Kier alpha value is -2.40. The quantitative estimate of drug-likeness (QED) is 0.713. The van der Waals surface area contributed by atoms with Gasteiger partial charge in [0.1, 0.15) is 5.75 Å².